The molecule has 0 fully saturated rings. The minimum absolute atomic E-state index is 0.853. The van der Waals surface area contributed by atoms with Gasteiger partial charge in [0.25, 0.3) is 0 Å². The van der Waals surface area contributed by atoms with Crippen molar-refractivity contribution in [2.24, 2.45) is 0 Å². The second-order valence-electron chi connectivity index (χ2n) is 3.14. The third-order valence-electron chi connectivity index (χ3n) is 1.33. The van der Waals surface area contributed by atoms with E-state index in [1.165, 1.54) is 5.57 Å². The quantitative estimate of drug-likeness (QED) is 0.392. The minimum atomic E-state index is 0.853. The van der Waals surface area contributed by atoms with Crippen LogP contribution in [0.25, 0.3) is 0 Å². The van der Waals surface area contributed by atoms with Crippen LogP contribution in [0.2, 0.25) is 0 Å². The Morgan fingerprint density at radius 1 is 0.684 bits per heavy atom. The molecule has 0 aliphatic rings. The zero-order valence-corrected chi connectivity index (χ0v) is 14.9. The second kappa shape index (κ2) is 25.6. The molecule has 0 atom stereocenters. The largest absolute Gasteiger partial charge is 0.467 e. The third-order valence-corrected chi connectivity index (χ3v) is 1.33. The predicted octanol–water partition coefficient (Wildman–Crippen LogP) is 7.04. The van der Waals surface area contributed by atoms with Crippen molar-refractivity contribution in [3.8, 4) is 0 Å². The van der Waals surface area contributed by atoms with Crippen molar-refractivity contribution >= 4 is 0 Å². The van der Waals surface area contributed by atoms with Crippen molar-refractivity contribution in [2.75, 3.05) is 0 Å². The number of rotatable bonds is 4. The molecule has 0 heterocycles. The average Bonchev–Trinajstić information content (AvgIpc) is 2.43. The molecule has 0 unspecified atom stereocenters. The van der Waals surface area contributed by atoms with Crippen molar-refractivity contribution in [1.82, 2.24) is 0 Å². The van der Waals surface area contributed by atoms with Gasteiger partial charge in [-0.05, 0) is 39.8 Å². The van der Waals surface area contributed by atoms with Gasteiger partial charge >= 0.3 is 0 Å². The highest BCUT2D eigenvalue weighted by Crippen LogP contribution is 2.05. The van der Waals surface area contributed by atoms with Crippen LogP contribution >= 0.6 is 0 Å². The van der Waals surface area contributed by atoms with Crippen LogP contribution in [0, 0.1) is 0 Å². The summed E-state index contributed by atoms with van der Waals surface area (Å²) in [4.78, 5) is 0. The number of hydrogen-bond donors (Lipinski definition) is 0. The lowest BCUT2D eigenvalue weighted by molar-refractivity contribution is 0.309. The van der Waals surface area contributed by atoms with Crippen LogP contribution < -0.4 is 0 Å². The molecule has 0 rings (SSSR count). The maximum absolute atomic E-state index is 5.45. The molecule has 0 amide bonds. The molecule has 0 spiro atoms. The summed E-state index contributed by atoms with van der Waals surface area (Å²) in [7, 11) is 0. The van der Waals surface area contributed by atoms with E-state index in [4.69, 9.17) is 4.74 Å². The van der Waals surface area contributed by atoms with Crippen molar-refractivity contribution in [3.63, 3.8) is 0 Å². The van der Waals surface area contributed by atoms with Gasteiger partial charge in [0, 0.05) is 0 Å². The summed E-state index contributed by atoms with van der Waals surface area (Å²) in [5.41, 5.74) is 1.26. The molecule has 114 valence electrons. The Morgan fingerprint density at radius 2 is 1.05 bits per heavy atom. The topological polar surface area (TPSA) is 9.23 Å². The van der Waals surface area contributed by atoms with Gasteiger partial charge in [-0.15, -0.1) is 0 Å². The third kappa shape index (κ3) is 31.5. The molecule has 19 heavy (non-hydrogen) atoms. The van der Waals surface area contributed by atoms with Crippen LogP contribution in [0.15, 0.2) is 48.0 Å². The fraction of sp³-hybridized carbons (Fsp3) is 0.556. The lowest BCUT2D eigenvalue weighted by Gasteiger charge is -2.03. The van der Waals surface area contributed by atoms with E-state index in [2.05, 4.69) is 20.4 Å². The van der Waals surface area contributed by atoms with E-state index in [0.717, 1.165) is 11.5 Å². The smallest absolute Gasteiger partial charge is 0.100 e. The summed E-state index contributed by atoms with van der Waals surface area (Å²) in [5.74, 6) is 1.74. The monoisotopic (exact) mass is 268 g/mol. The Hall–Kier alpha value is -1.24. The van der Waals surface area contributed by atoms with Crippen LogP contribution in [0.4, 0.5) is 0 Å². The van der Waals surface area contributed by atoms with Gasteiger partial charge in [0.05, 0.1) is 0 Å². The summed E-state index contributed by atoms with van der Waals surface area (Å²) >= 11 is 0. The van der Waals surface area contributed by atoms with E-state index in [1.807, 2.05) is 73.6 Å². The Kier molecular flexibility index (Phi) is 35.5. The number of hydrogen-bond acceptors (Lipinski definition) is 1. The van der Waals surface area contributed by atoms with Crippen molar-refractivity contribution < 1.29 is 4.74 Å². The summed E-state index contributed by atoms with van der Waals surface area (Å²) in [6, 6.07) is 0. The predicted molar refractivity (Wildman–Crippen MR) is 92.3 cm³/mol. The molecule has 0 aromatic carbocycles. The van der Waals surface area contributed by atoms with Crippen LogP contribution in [-0.4, -0.2) is 0 Å². The van der Waals surface area contributed by atoms with Gasteiger partial charge in [0.1, 0.15) is 11.5 Å². The number of ether oxygens (including phenoxy) is 1. The maximum atomic E-state index is 5.45. The van der Waals surface area contributed by atoms with Crippen molar-refractivity contribution in [3.05, 3.63) is 48.0 Å². The zero-order valence-electron chi connectivity index (χ0n) is 14.9. The summed E-state index contributed by atoms with van der Waals surface area (Å²) in [5, 5.41) is 0. The first kappa shape index (κ1) is 26.3. The fourth-order valence-electron chi connectivity index (χ4n) is 0.772. The molecule has 0 aromatic heterocycles. The molecule has 0 bridgehead atoms. The van der Waals surface area contributed by atoms with Gasteiger partial charge < -0.3 is 4.74 Å². The molecule has 0 N–H and O–H groups in total. The minimum Gasteiger partial charge on any atom is -0.467 e. The Morgan fingerprint density at radius 3 is 1.37 bits per heavy atom. The van der Waals surface area contributed by atoms with E-state index in [9.17, 15) is 0 Å². The molecule has 0 radical (unpaired) electrons. The van der Waals surface area contributed by atoms with Crippen molar-refractivity contribution in [1.29, 1.82) is 0 Å². The van der Waals surface area contributed by atoms with Crippen LogP contribution in [-0.2, 0) is 4.74 Å². The summed E-state index contributed by atoms with van der Waals surface area (Å²) in [6.45, 7) is 23.5. The van der Waals surface area contributed by atoms with Crippen LogP contribution in [0.1, 0.15) is 69.2 Å². The molecule has 0 saturated heterocycles. The lowest BCUT2D eigenvalue weighted by atomic mass is 10.3. The van der Waals surface area contributed by atoms with Gasteiger partial charge in [-0.1, -0.05) is 65.8 Å². The highest BCUT2D eigenvalue weighted by Gasteiger charge is 1.89. The highest BCUT2D eigenvalue weighted by molar-refractivity contribution is 5.13. The lowest BCUT2D eigenvalue weighted by Crippen LogP contribution is -1.84. The van der Waals surface area contributed by atoms with Crippen LogP contribution in [0.3, 0.4) is 0 Å². The molecule has 1 heteroatoms. The van der Waals surface area contributed by atoms with Crippen molar-refractivity contribution in [2.45, 2.75) is 69.2 Å². The first-order valence-electron chi connectivity index (χ1n) is 7.35. The van der Waals surface area contributed by atoms with Gasteiger partial charge in [-0.25, -0.2) is 0 Å². The molecule has 0 aliphatic heterocycles. The van der Waals surface area contributed by atoms with Gasteiger partial charge in [-0.3, -0.25) is 0 Å². The molecule has 0 saturated carbocycles. The standard InChI is InChI=1S/C12H18O.3C2H6/c1-6-7-11(4)13-12(5)9-8-10(2)3;3*1-2/h6-9H,1H2,2-5H3;3*1-2H3/b11-7+,12-9+;;;. The Balaban J connectivity index is -0.000000163. The molecular weight excluding hydrogens is 232 g/mol. The molecule has 0 aromatic rings. The van der Waals surface area contributed by atoms with Crippen LogP contribution in [0.5, 0.6) is 0 Å². The van der Waals surface area contributed by atoms with E-state index < -0.39 is 0 Å². The summed E-state index contributed by atoms with van der Waals surface area (Å²) < 4.78 is 5.45. The van der Waals surface area contributed by atoms with E-state index >= 15 is 0 Å². The average molecular weight is 268 g/mol. The maximum Gasteiger partial charge on any atom is 0.100 e. The fourth-order valence-corrected chi connectivity index (χ4v) is 0.772. The van der Waals surface area contributed by atoms with E-state index in [1.54, 1.807) is 6.08 Å². The zero-order chi connectivity index (χ0) is 16.3. The van der Waals surface area contributed by atoms with E-state index in [0.29, 0.717) is 0 Å². The second-order valence-corrected chi connectivity index (χ2v) is 3.14. The summed E-state index contributed by atoms with van der Waals surface area (Å²) in [6.07, 6.45) is 7.52. The van der Waals surface area contributed by atoms with E-state index in [-0.39, 0.29) is 0 Å². The highest BCUT2D eigenvalue weighted by atomic mass is 16.5. The molecular formula is C18H36O. The Bertz CT molecular complexity index is 251. The SMILES string of the molecule is C=C/C=C(\C)O/C(C)=C/C=C(C)C.CC.CC.CC. The van der Waals surface area contributed by atoms with Gasteiger partial charge in [-0.2, -0.15) is 0 Å². The van der Waals surface area contributed by atoms with Gasteiger partial charge in [0.2, 0.25) is 0 Å². The normalized spacial score (nSPS) is 9.37. The molecule has 0 aliphatic carbocycles. The first-order valence-corrected chi connectivity index (χ1v) is 7.35. The number of allylic oxidation sites excluding steroid dienone is 7. The molecule has 1 nitrogen and oxygen atoms in total. The van der Waals surface area contributed by atoms with Gasteiger partial charge in [0.15, 0.2) is 0 Å². The first-order chi connectivity index (χ1) is 9.06. The Labute approximate surface area is 122 Å².